The third kappa shape index (κ3) is 4.69. The SMILES string of the molecule is CCOC(=O)C(N)C(=O)NCc1cccc(CO)c1. The molecular formula is C13H18N2O4. The number of hydrogen-bond acceptors (Lipinski definition) is 5. The second-order valence-electron chi connectivity index (χ2n) is 3.93. The van der Waals surface area contributed by atoms with Crippen molar-refractivity contribution in [2.45, 2.75) is 26.1 Å². The zero-order valence-corrected chi connectivity index (χ0v) is 10.8. The van der Waals surface area contributed by atoms with Gasteiger partial charge >= 0.3 is 5.97 Å². The van der Waals surface area contributed by atoms with Crippen molar-refractivity contribution in [3.8, 4) is 0 Å². The summed E-state index contributed by atoms with van der Waals surface area (Å²) in [5.41, 5.74) is 7.01. The Kier molecular flexibility index (Phi) is 5.98. The Hall–Kier alpha value is -1.92. The highest BCUT2D eigenvalue weighted by molar-refractivity contribution is 6.01. The van der Waals surface area contributed by atoms with Gasteiger partial charge in [-0.25, -0.2) is 4.79 Å². The molecule has 19 heavy (non-hydrogen) atoms. The Morgan fingerprint density at radius 1 is 1.42 bits per heavy atom. The smallest absolute Gasteiger partial charge is 0.332 e. The second-order valence-corrected chi connectivity index (χ2v) is 3.93. The number of carbonyl (C=O) groups is 2. The Balaban J connectivity index is 2.51. The van der Waals surface area contributed by atoms with Crippen LogP contribution < -0.4 is 11.1 Å². The van der Waals surface area contributed by atoms with Crippen LogP contribution in [0.2, 0.25) is 0 Å². The molecule has 1 unspecified atom stereocenters. The summed E-state index contributed by atoms with van der Waals surface area (Å²) in [4.78, 5) is 22.9. The molecule has 6 heteroatoms. The average molecular weight is 266 g/mol. The Labute approximate surface area is 111 Å². The van der Waals surface area contributed by atoms with Crippen LogP contribution in [0.5, 0.6) is 0 Å². The molecule has 0 radical (unpaired) electrons. The molecule has 104 valence electrons. The molecule has 4 N–H and O–H groups in total. The number of benzene rings is 1. The first kappa shape index (κ1) is 15.1. The molecule has 0 spiro atoms. The van der Waals surface area contributed by atoms with Gasteiger partial charge in [-0.2, -0.15) is 0 Å². The van der Waals surface area contributed by atoms with Gasteiger partial charge in [0.25, 0.3) is 0 Å². The first-order chi connectivity index (χ1) is 9.08. The third-order valence-electron chi connectivity index (χ3n) is 2.46. The van der Waals surface area contributed by atoms with Gasteiger partial charge in [-0.3, -0.25) is 4.79 Å². The Morgan fingerprint density at radius 3 is 2.74 bits per heavy atom. The molecule has 6 nitrogen and oxygen atoms in total. The van der Waals surface area contributed by atoms with Crippen LogP contribution >= 0.6 is 0 Å². The van der Waals surface area contributed by atoms with E-state index in [-0.39, 0.29) is 19.8 Å². The Morgan fingerprint density at radius 2 is 2.11 bits per heavy atom. The maximum Gasteiger partial charge on any atom is 0.332 e. The molecule has 0 saturated heterocycles. The maximum atomic E-state index is 11.6. The van der Waals surface area contributed by atoms with Crippen LogP contribution in [0.3, 0.4) is 0 Å². The molecule has 0 fully saturated rings. The highest BCUT2D eigenvalue weighted by Gasteiger charge is 2.22. The van der Waals surface area contributed by atoms with E-state index >= 15 is 0 Å². The van der Waals surface area contributed by atoms with Crippen LogP contribution in [0.1, 0.15) is 18.1 Å². The van der Waals surface area contributed by atoms with Gasteiger partial charge < -0.3 is 20.9 Å². The van der Waals surface area contributed by atoms with Gasteiger partial charge in [0.15, 0.2) is 6.04 Å². The fourth-order valence-electron chi connectivity index (χ4n) is 1.48. The molecule has 1 amide bonds. The minimum atomic E-state index is -1.32. The summed E-state index contributed by atoms with van der Waals surface area (Å²) in [5.74, 6) is -1.34. The lowest BCUT2D eigenvalue weighted by Gasteiger charge is -2.11. The standard InChI is InChI=1S/C13H18N2O4/c1-2-19-13(18)11(14)12(17)15-7-9-4-3-5-10(6-9)8-16/h3-6,11,16H,2,7-8,14H2,1H3,(H,15,17). The van der Waals surface area contributed by atoms with Gasteiger partial charge in [-0.1, -0.05) is 24.3 Å². The lowest BCUT2D eigenvalue weighted by Crippen LogP contribution is -2.46. The van der Waals surface area contributed by atoms with Crippen molar-refractivity contribution in [2.24, 2.45) is 5.73 Å². The molecular weight excluding hydrogens is 248 g/mol. The van der Waals surface area contributed by atoms with Crippen LogP contribution in [0, 0.1) is 0 Å². The van der Waals surface area contributed by atoms with Crippen LogP contribution in [0.4, 0.5) is 0 Å². The largest absolute Gasteiger partial charge is 0.464 e. The lowest BCUT2D eigenvalue weighted by atomic mass is 10.1. The van der Waals surface area contributed by atoms with Crippen LogP contribution in [0.25, 0.3) is 0 Å². The predicted octanol–water partition coefficient (Wildman–Crippen LogP) is -0.314. The molecule has 1 aromatic rings. The molecule has 0 aliphatic rings. The number of amides is 1. The summed E-state index contributed by atoms with van der Waals surface area (Å²) in [5, 5.41) is 11.5. The van der Waals surface area contributed by atoms with Crippen molar-refractivity contribution in [2.75, 3.05) is 6.61 Å². The lowest BCUT2D eigenvalue weighted by molar-refractivity contribution is -0.148. The average Bonchev–Trinajstić information content (AvgIpc) is 2.44. The van der Waals surface area contributed by atoms with E-state index in [1.807, 2.05) is 0 Å². The molecule has 0 saturated carbocycles. The van der Waals surface area contributed by atoms with E-state index in [4.69, 9.17) is 10.8 Å². The number of aliphatic hydroxyl groups is 1. The van der Waals surface area contributed by atoms with Crippen molar-refractivity contribution < 1.29 is 19.4 Å². The van der Waals surface area contributed by atoms with Crippen molar-refractivity contribution in [3.63, 3.8) is 0 Å². The summed E-state index contributed by atoms with van der Waals surface area (Å²) in [6, 6.07) is 5.79. The highest BCUT2D eigenvalue weighted by Crippen LogP contribution is 2.04. The molecule has 0 bridgehead atoms. The number of nitrogens with two attached hydrogens (primary N) is 1. The predicted molar refractivity (Wildman–Crippen MR) is 68.8 cm³/mol. The number of hydrogen-bond donors (Lipinski definition) is 3. The summed E-state index contributed by atoms with van der Waals surface area (Å²) in [6.07, 6.45) is 0. The van der Waals surface area contributed by atoms with Gasteiger partial charge in [0.05, 0.1) is 13.2 Å². The Bertz CT molecular complexity index is 448. The van der Waals surface area contributed by atoms with E-state index < -0.39 is 17.9 Å². The number of aliphatic hydroxyl groups excluding tert-OH is 1. The zero-order chi connectivity index (χ0) is 14.3. The van der Waals surface area contributed by atoms with Gasteiger partial charge in [0, 0.05) is 6.54 Å². The fourth-order valence-corrected chi connectivity index (χ4v) is 1.48. The number of nitrogens with one attached hydrogen (secondary N) is 1. The maximum absolute atomic E-state index is 11.6. The van der Waals surface area contributed by atoms with Crippen LogP contribution in [-0.2, 0) is 27.5 Å². The number of esters is 1. The minimum absolute atomic E-state index is 0.0654. The van der Waals surface area contributed by atoms with E-state index in [0.717, 1.165) is 11.1 Å². The summed E-state index contributed by atoms with van der Waals surface area (Å²) >= 11 is 0. The molecule has 0 aliphatic carbocycles. The van der Waals surface area contributed by atoms with Crippen molar-refractivity contribution in [1.29, 1.82) is 0 Å². The van der Waals surface area contributed by atoms with Gasteiger partial charge in [-0.05, 0) is 18.1 Å². The normalized spacial score (nSPS) is 11.7. The van der Waals surface area contributed by atoms with Crippen molar-refractivity contribution in [1.82, 2.24) is 5.32 Å². The second kappa shape index (κ2) is 7.50. The number of carbonyl (C=O) groups excluding carboxylic acids is 2. The van der Waals surface area contributed by atoms with Gasteiger partial charge in [-0.15, -0.1) is 0 Å². The molecule has 0 aliphatic heterocycles. The van der Waals surface area contributed by atoms with Gasteiger partial charge in [0.2, 0.25) is 5.91 Å². The number of rotatable bonds is 6. The van der Waals surface area contributed by atoms with Gasteiger partial charge in [0.1, 0.15) is 0 Å². The molecule has 1 aromatic carbocycles. The molecule has 0 aromatic heterocycles. The molecule has 1 atom stereocenters. The van der Waals surface area contributed by atoms with Crippen LogP contribution in [-0.4, -0.2) is 29.6 Å². The topological polar surface area (TPSA) is 102 Å². The number of ether oxygens (including phenoxy) is 1. The summed E-state index contributed by atoms with van der Waals surface area (Å²) < 4.78 is 4.66. The van der Waals surface area contributed by atoms with Crippen molar-refractivity contribution >= 4 is 11.9 Å². The summed E-state index contributed by atoms with van der Waals surface area (Å²) in [6.45, 7) is 1.99. The van der Waals surface area contributed by atoms with E-state index in [1.54, 1.807) is 31.2 Å². The van der Waals surface area contributed by atoms with E-state index in [0.29, 0.717) is 0 Å². The zero-order valence-electron chi connectivity index (χ0n) is 10.8. The quantitative estimate of drug-likeness (QED) is 0.484. The first-order valence-electron chi connectivity index (χ1n) is 5.97. The third-order valence-corrected chi connectivity index (χ3v) is 2.46. The first-order valence-corrected chi connectivity index (χ1v) is 5.97. The van der Waals surface area contributed by atoms with E-state index in [1.165, 1.54) is 0 Å². The van der Waals surface area contributed by atoms with E-state index in [9.17, 15) is 9.59 Å². The van der Waals surface area contributed by atoms with Crippen LogP contribution in [0.15, 0.2) is 24.3 Å². The van der Waals surface area contributed by atoms with Crippen molar-refractivity contribution in [3.05, 3.63) is 35.4 Å². The van der Waals surface area contributed by atoms with E-state index in [2.05, 4.69) is 10.1 Å². The minimum Gasteiger partial charge on any atom is -0.464 e. The molecule has 0 heterocycles. The summed E-state index contributed by atoms with van der Waals surface area (Å²) in [7, 11) is 0. The monoisotopic (exact) mass is 266 g/mol. The fraction of sp³-hybridized carbons (Fsp3) is 0.385. The molecule has 1 rings (SSSR count). The highest BCUT2D eigenvalue weighted by atomic mass is 16.5.